The van der Waals surface area contributed by atoms with Gasteiger partial charge in [-0.05, 0) is 23.1 Å². The zero-order valence-corrected chi connectivity index (χ0v) is 12.7. The van der Waals surface area contributed by atoms with Crippen molar-refractivity contribution in [2.75, 3.05) is 20.3 Å². The minimum atomic E-state index is 0.112. The molecule has 0 aromatic heterocycles. The van der Waals surface area contributed by atoms with Crippen LogP contribution in [-0.2, 0) is 9.47 Å². The lowest BCUT2D eigenvalue weighted by Gasteiger charge is -2.46. The predicted octanol–water partition coefficient (Wildman–Crippen LogP) is 4.47. The number of ether oxygens (including phenoxy) is 2. The van der Waals surface area contributed by atoms with Gasteiger partial charge in [-0.25, -0.2) is 0 Å². The zero-order valence-electron chi connectivity index (χ0n) is 12.7. The Morgan fingerprint density at radius 2 is 1.62 bits per heavy atom. The lowest BCUT2D eigenvalue weighted by molar-refractivity contribution is -0.184. The molecule has 0 bridgehead atoms. The van der Waals surface area contributed by atoms with Crippen molar-refractivity contribution in [3.8, 4) is 11.1 Å². The fourth-order valence-electron chi connectivity index (χ4n) is 3.13. The molecule has 2 nitrogen and oxygen atoms in total. The molecule has 0 saturated carbocycles. The van der Waals surface area contributed by atoms with Crippen molar-refractivity contribution in [1.29, 1.82) is 0 Å². The minimum Gasteiger partial charge on any atom is -0.380 e. The highest BCUT2D eigenvalue weighted by molar-refractivity contribution is 5.63. The highest BCUT2D eigenvalue weighted by Crippen LogP contribution is 2.45. The molecule has 1 fully saturated rings. The van der Waals surface area contributed by atoms with E-state index in [-0.39, 0.29) is 11.5 Å². The van der Waals surface area contributed by atoms with Crippen LogP contribution in [0.2, 0.25) is 0 Å². The monoisotopic (exact) mass is 282 g/mol. The minimum absolute atomic E-state index is 0.112. The standard InChI is InChI=1S/C19H22O2/c1-3-19(13-21-14-19)18(20-2)17-11-9-16(10-12-17)15-7-5-4-6-8-15/h4-12,18H,3,13-14H2,1-2H3. The molecule has 1 aliphatic heterocycles. The maximum absolute atomic E-state index is 5.80. The van der Waals surface area contributed by atoms with Gasteiger partial charge in [-0.2, -0.15) is 0 Å². The molecular weight excluding hydrogens is 260 g/mol. The van der Waals surface area contributed by atoms with Gasteiger partial charge in [0.1, 0.15) is 0 Å². The molecule has 2 aromatic carbocycles. The van der Waals surface area contributed by atoms with E-state index in [1.54, 1.807) is 7.11 Å². The molecule has 1 unspecified atom stereocenters. The molecule has 1 atom stereocenters. The summed E-state index contributed by atoms with van der Waals surface area (Å²) in [5.74, 6) is 0. The summed E-state index contributed by atoms with van der Waals surface area (Å²) in [6.07, 6.45) is 1.19. The third kappa shape index (κ3) is 2.61. The van der Waals surface area contributed by atoms with Crippen molar-refractivity contribution in [3.05, 3.63) is 60.2 Å². The number of rotatable bonds is 5. The lowest BCUT2D eigenvalue weighted by Crippen LogP contribution is -2.47. The summed E-state index contributed by atoms with van der Waals surface area (Å²) < 4.78 is 11.2. The van der Waals surface area contributed by atoms with Gasteiger partial charge in [-0.1, -0.05) is 61.5 Å². The van der Waals surface area contributed by atoms with Gasteiger partial charge >= 0.3 is 0 Å². The van der Waals surface area contributed by atoms with E-state index in [0.29, 0.717) is 0 Å². The van der Waals surface area contributed by atoms with E-state index in [1.165, 1.54) is 16.7 Å². The normalized spacial score (nSPS) is 18.0. The fourth-order valence-corrected chi connectivity index (χ4v) is 3.13. The Morgan fingerprint density at radius 1 is 1.00 bits per heavy atom. The SMILES string of the molecule is CCC1(C(OC)c2ccc(-c3ccccc3)cc2)COC1. The van der Waals surface area contributed by atoms with Gasteiger partial charge in [0.05, 0.1) is 19.3 Å². The first-order valence-corrected chi connectivity index (χ1v) is 7.55. The van der Waals surface area contributed by atoms with Crippen molar-refractivity contribution in [2.24, 2.45) is 5.41 Å². The molecule has 21 heavy (non-hydrogen) atoms. The molecule has 2 aromatic rings. The van der Waals surface area contributed by atoms with Crippen LogP contribution < -0.4 is 0 Å². The molecule has 110 valence electrons. The highest BCUT2D eigenvalue weighted by Gasteiger charge is 2.45. The number of methoxy groups -OCH3 is 1. The van der Waals surface area contributed by atoms with Gasteiger partial charge in [0.2, 0.25) is 0 Å². The summed E-state index contributed by atoms with van der Waals surface area (Å²) in [5, 5.41) is 0. The molecule has 0 aliphatic carbocycles. The van der Waals surface area contributed by atoms with Crippen LogP contribution in [0.15, 0.2) is 54.6 Å². The predicted molar refractivity (Wildman–Crippen MR) is 85.2 cm³/mol. The molecule has 2 heteroatoms. The molecule has 1 saturated heterocycles. The summed E-state index contributed by atoms with van der Waals surface area (Å²) in [6, 6.07) is 19.2. The average Bonchev–Trinajstić information content (AvgIpc) is 2.52. The number of hydrogen-bond donors (Lipinski definition) is 0. The Kier molecular flexibility index (Phi) is 4.09. The van der Waals surface area contributed by atoms with Gasteiger partial charge in [0.15, 0.2) is 0 Å². The van der Waals surface area contributed by atoms with Crippen LogP contribution in [-0.4, -0.2) is 20.3 Å². The molecule has 1 aliphatic rings. The maximum Gasteiger partial charge on any atom is 0.0921 e. The second-order valence-corrected chi connectivity index (χ2v) is 5.81. The Labute approximate surface area is 126 Å². The summed E-state index contributed by atoms with van der Waals surface area (Å²) in [7, 11) is 1.80. The summed E-state index contributed by atoms with van der Waals surface area (Å²) in [4.78, 5) is 0. The first-order valence-electron chi connectivity index (χ1n) is 7.55. The van der Waals surface area contributed by atoms with Crippen LogP contribution in [0.25, 0.3) is 11.1 Å². The summed E-state index contributed by atoms with van der Waals surface area (Å²) in [6.45, 7) is 3.80. The van der Waals surface area contributed by atoms with Crippen molar-refractivity contribution < 1.29 is 9.47 Å². The molecule has 0 radical (unpaired) electrons. The van der Waals surface area contributed by atoms with Crippen LogP contribution in [0.4, 0.5) is 0 Å². The van der Waals surface area contributed by atoms with Crippen LogP contribution in [0.5, 0.6) is 0 Å². The first kappa shape index (κ1) is 14.3. The summed E-state index contributed by atoms with van der Waals surface area (Å²) in [5.41, 5.74) is 3.87. The molecule has 1 heterocycles. The van der Waals surface area contributed by atoms with E-state index in [0.717, 1.165) is 19.6 Å². The largest absolute Gasteiger partial charge is 0.380 e. The van der Waals surface area contributed by atoms with E-state index in [1.807, 2.05) is 6.07 Å². The Balaban J connectivity index is 1.86. The topological polar surface area (TPSA) is 18.5 Å². The molecule has 0 spiro atoms. The van der Waals surface area contributed by atoms with E-state index in [4.69, 9.17) is 9.47 Å². The Bertz CT molecular complexity index is 565. The third-order valence-electron chi connectivity index (χ3n) is 4.60. The molecule has 0 amide bonds. The lowest BCUT2D eigenvalue weighted by atomic mass is 9.74. The average molecular weight is 282 g/mol. The van der Waals surface area contributed by atoms with Crippen LogP contribution in [0.3, 0.4) is 0 Å². The van der Waals surface area contributed by atoms with Crippen molar-refractivity contribution in [1.82, 2.24) is 0 Å². The van der Waals surface area contributed by atoms with Crippen LogP contribution >= 0.6 is 0 Å². The van der Waals surface area contributed by atoms with Gasteiger partial charge in [0, 0.05) is 12.5 Å². The van der Waals surface area contributed by atoms with E-state index in [9.17, 15) is 0 Å². The van der Waals surface area contributed by atoms with E-state index < -0.39 is 0 Å². The molecule has 0 N–H and O–H groups in total. The molecular formula is C19H22O2. The van der Waals surface area contributed by atoms with Gasteiger partial charge in [-0.15, -0.1) is 0 Å². The number of hydrogen-bond acceptors (Lipinski definition) is 2. The van der Waals surface area contributed by atoms with Crippen molar-refractivity contribution >= 4 is 0 Å². The van der Waals surface area contributed by atoms with E-state index in [2.05, 4.69) is 55.5 Å². The summed E-state index contributed by atoms with van der Waals surface area (Å²) >= 11 is 0. The van der Waals surface area contributed by atoms with Gasteiger partial charge in [0.25, 0.3) is 0 Å². The van der Waals surface area contributed by atoms with Crippen molar-refractivity contribution in [2.45, 2.75) is 19.4 Å². The first-order chi connectivity index (χ1) is 10.3. The second kappa shape index (κ2) is 6.00. The Hall–Kier alpha value is -1.64. The van der Waals surface area contributed by atoms with Gasteiger partial charge in [-0.3, -0.25) is 0 Å². The van der Waals surface area contributed by atoms with Crippen LogP contribution in [0, 0.1) is 5.41 Å². The van der Waals surface area contributed by atoms with E-state index >= 15 is 0 Å². The Morgan fingerprint density at radius 3 is 2.10 bits per heavy atom. The quantitative estimate of drug-likeness (QED) is 0.805. The maximum atomic E-state index is 5.80. The fraction of sp³-hybridized carbons (Fsp3) is 0.368. The molecule has 3 rings (SSSR count). The smallest absolute Gasteiger partial charge is 0.0921 e. The highest BCUT2D eigenvalue weighted by atomic mass is 16.5. The van der Waals surface area contributed by atoms with Gasteiger partial charge < -0.3 is 9.47 Å². The second-order valence-electron chi connectivity index (χ2n) is 5.81. The zero-order chi connectivity index (χ0) is 14.7. The number of benzene rings is 2. The third-order valence-corrected chi connectivity index (χ3v) is 4.60. The van der Waals surface area contributed by atoms with Crippen molar-refractivity contribution in [3.63, 3.8) is 0 Å². The van der Waals surface area contributed by atoms with Crippen LogP contribution in [0.1, 0.15) is 25.0 Å².